The molecule has 0 saturated carbocycles. The number of H-pyrrole nitrogens is 1. The van der Waals surface area contributed by atoms with E-state index in [-0.39, 0.29) is 6.61 Å². The molecule has 0 fully saturated rings. The molecule has 0 aliphatic rings. The minimum atomic E-state index is -0.789. The zero-order chi connectivity index (χ0) is 13.7. The number of rotatable bonds is 6. The first-order valence-corrected chi connectivity index (χ1v) is 5.37. The van der Waals surface area contributed by atoms with Crippen molar-refractivity contribution in [3.05, 3.63) is 57.9 Å². The van der Waals surface area contributed by atoms with Crippen LogP contribution in [0.25, 0.3) is 0 Å². The van der Waals surface area contributed by atoms with Gasteiger partial charge in [0, 0.05) is 11.8 Å². The Bertz CT molecular complexity index is 544. The van der Waals surface area contributed by atoms with E-state index in [1.54, 1.807) is 6.92 Å². The van der Waals surface area contributed by atoms with Crippen molar-refractivity contribution in [3.8, 4) is 0 Å². The number of hydrogen-bond acceptors (Lipinski definition) is 4. The number of ether oxygens (including phenoxy) is 1. The molecule has 2 N–H and O–H groups in total. The van der Waals surface area contributed by atoms with Gasteiger partial charge in [-0.2, -0.15) is 0 Å². The third-order valence-corrected chi connectivity index (χ3v) is 2.38. The van der Waals surface area contributed by atoms with Gasteiger partial charge in [-0.15, -0.1) is 6.58 Å². The van der Waals surface area contributed by atoms with Crippen LogP contribution in [0, 0.1) is 6.92 Å². The highest BCUT2D eigenvalue weighted by atomic mass is 16.5. The van der Waals surface area contributed by atoms with E-state index in [1.807, 2.05) is 0 Å². The van der Waals surface area contributed by atoms with Crippen molar-refractivity contribution >= 4 is 0 Å². The monoisotopic (exact) mass is 252 g/mol. The number of aromatic nitrogens is 2. The first kappa shape index (κ1) is 14.1. The SMILES string of the molecule is C=C[C@@H](CO)O[C@H](C=C)n1cc(C)c(=O)[nH]c1=O. The van der Waals surface area contributed by atoms with Gasteiger partial charge in [0.1, 0.15) is 6.10 Å². The van der Waals surface area contributed by atoms with Crippen molar-refractivity contribution in [2.45, 2.75) is 19.3 Å². The van der Waals surface area contributed by atoms with Crippen molar-refractivity contribution in [3.63, 3.8) is 0 Å². The number of aliphatic hydroxyl groups is 1. The number of hydrogen-bond donors (Lipinski definition) is 2. The second-order valence-corrected chi connectivity index (χ2v) is 3.70. The van der Waals surface area contributed by atoms with Crippen LogP contribution in [-0.2, 0) is 4.74 Å². The topological polar surface area (TPSA) is 84.3 Å². The second-order valence-electron chi connectivity index (χ2n) is 3.70. The van der Waals surface area contributed by atoms with E-state index >= 15 is 0 Å². The molecule has 0 bridgehead atoms. The highest BCUT2D eigenvalue weighted by molar-refractivity contribution is 5.02. The molecule has 0 radical (unpaired) electrons. The summed E-state index contributed by atoms with van der Waals surface area (Å²) in [5, 5.41) is 9.01. The fraction of sp³-hybridized carbons (Fsp3) is 0.333. The standard InChI is InChI=1S/C12H16N2O4/c1-4-9(7-15)18-10(5-2)14-6-8(3)11(16)13-12(14)17/h4-6,9-10,15H,1-2,7H2,3H3,(H,13,16,17)/t9-,10+/m0/s1. The maximum absolute atomic E-state index is 11.6. The Morgan fingerprint density at radius 2 is 2.17 bits per heavy atom. The lowest BCUT2D eigenvalue weighted by Crippen LogP contribution is -2.35. The molecule has 0 aliphatic heterocycles. The average molecular weight is 252 g/mol. The van der Waals surface area contributed by atoms with Crippen LogP contribution in [0.4, 0.5) is 0 Å². The lowest BCUT2D eigenvalue weighted by Gasteiger charge is -2.20. The normalized spacial score (nSPS) is 13.9. The molecule has 0 unspecified atom stereocenters. The summed E-state index contributed by atoms with van der Waals surface area (Å²) in [6.45, 7) is 8.38. The molecule has 1 aromatic rings. The highest BCUT2D eigenvalue weighted by Crippen LogP contribution is 2.10. The van der Waals surface area contributed by atoms with Gasteiger partial charge in [0.05, 0.1) is 6.61 Å². The van der Waals surface area contributed by atoms with Gasteiger partial charge in [-0.25, -0.2) is 4.79 Å². The Hall–Kier alpha value is -1.92. The number of nitrogens with one attached hydrogen (secondary N) is 1. The Labute approximate surface area is 104 Å². The van der Waals surface area contributed by atoms with Gasteiger partial charge >= 0.3 is 5.69 Å². The van der Waals surface area contributed by atoms with E-state index in [4.69, 9.17) is 9.84 Å². The summed E-state index contributed by atoms with van der Waals surface area (Å²) in [6.07, 6.45) is 2.78. The summed E-state index contributed by atoms with van der Waals surface area (Å²) in [4.78, 5) is 25.1. The third kappa shape index (κ3) is 3.06. The molecule has 1 rings (SSSR count). The predicted molar refractivity (Wildman–Crippen MR) is 67.4 cm³/mol. The molecule has 0 amide bonds. The summed E-state index contributed by atoms with van der Waals surface area (Å²) in [6, 6.07) is 0. The van der Waals surface area contributed by atoms with Crippen molar-refractivity contribution in [1.29, 1.82) is 0 Å². The maximum atomic E-state index is 11.6. The quantitative estimate of drug-likeness (QED) is 0.703. The van der Waals surface area contributed by atoms with Crippen LogP contribution >= 0.6 is 0 Å². The van der Waals surface area contributed by atoms with Crippen LogP contribution in [-0.4, -0.2) is 27.4 Å². The van der Waals surface area contributed by atoms with Crippen LogP contribution in [0.2, 0.25) is 0 Å². The van der Waals surface area contributed by atoms with Gasteiger partial charge in [-0.3, -0.25) is 14.3 Å². The average Bonchev–Trinajstić information content (AvgIpc) is 2.36. The number of aryl methyl sites for hydroxylation is 1. The third-order valence-electron chi connectivity index (χ3n) is 2.38. The Morgan fingerprint density at radius 1 is 1.50 bits per heavy atom. The molecular weight excluding hydrogens is 236 g/mol. The zero-order valence-corrected chi connectivity index (χ0v) is 10.1. The summed E-state index contributed by atoms with van der Waals surface area (Å²) < 4.78 is 6.61. The maximum Gasteiger partial charge on any atom is 0.330 e. The molecule has 2 atom stereocenters. The van der Waals surface area contributed by atoms with Gasteiger partial charge in [0.15, 0.2) is 6.23 Å². The second kappa shape index (κ2) is 6.13. The lowest BCUT2D eigenvalue weighted by molar-refractivity contribution is -0.0278. The minimum absolute atomic E-state index is 0.259. The molecule has 1 aromatic heterocycles. The number of aliphatic hydroxyl groups excluding tert-OH is 1. The predicted octanol–water partition coefficient (Wildman–Crippen LogP) is 0.0931. The van der Waals surface area contributed by atoms with E-state index in [1.165, 1.54) is 22.9 Å². The summed E-state index contributed by atoms with van der Waals surface area (Å²) in [7, 11) is 0. The highest BCUT2D eigenvalue weighted by Gasteiger charge is 2.14. The Morgan fingerprint density at radius 3 is 2.67 bits per heavy atom. The molecule has 0 aliphatic carbocycles. The first-order valence-electron chi connectivity index (χ1n) is 5.37. The van der Waals surface area contributed by atoms with Crippen LogP contribution in [0.15, 0.2) is 41.1 Å². The Kier molecular flexibility index (Phi) is 4.82. The minimum Gasteiger partial charge on any atom is -0.393 e. The van der Waals surface area contributed by atoms with Crippen molar-refractivity contribution in [1.82, 2.24) is 9.55 Å². The van der Waals surface area contributed by atoms with E-state index in [0.29, 0.717) is 5.56 Å². The summed E-state index contributed by atoms with van der Waals surface area (Å²) >= 11 is 0. The van der Waals surface area contributed by atoms with E-state index in [0.717, 1.165) is 0 Å². The largest absolute Gasteiger partial charge is 0.393 e. The van der Waals surface area contributed by atoms with Gasteiger partial charge in [-0.05, 0) is 13.0 Å². The van der Waals surface area contributed by atoms with E-state index in [9.17, 15) is 9.59 Å². The van der Waals surface area contributed by atoms with Crippen molar-refractivity contribution in [2.24, 2.45) is 0 Å². The molecule has 98 valence electrons. The van der Waals surface area contributed by atoms with E-state index in [2.05, 4.69) is 18.1 Å². The zero-order valence-electron chi connectivity index (χ0n) is 10.1. The van der Waals surface area contributed by atoms with Gasteiger partial charge in [-0.1, -0.05) is 12.7 Å². The molecule has 6 nitrogen and oxygen atoms in total. The summed E-state index contributed by atoms with van der Waals surface area (Å²) in [5.41, 5.74) is -0.665. The summed E-state index contributed by atoms with van der Waals surface area (Å²) in [5.74, 6) is 0. The first-order chi connectivity index (χ1) is 8.53. The van der Waals surface area contributed by atoms with Gasteiger partial charge < -0.3 is 9.84 Å². The van der Waals surface area contributed by atoms with Crippen molar-refractivity contribution in [2.75, 3.05) is 6.61 Å². The fourth-order valence-electron chi connectivity index (χ4n) is 1.36. The van der Waals surface area contributed by atoms with Crippen LogP contribution in [0.1, 0.15) is 11.8 Å². The number of aromatic amines is 1. The van der Waals surface area contributed by atoms with Crippen LogP contribution in [0.3, 0.4) is 0 Å². The van der Waals surface area contributed by atoms with Crippen LogP contribution < -0.4 is 11.2 Å². The molecule has 0 spiro atoms. The smallest absolute Gasteiger partial charge is 0.330 e. The molecule has 0 aromatic carbocycles. The molecule has 6 heteroatoms. The fourth-order valence-corrected chi connectivity index (χ4v) is 1.36. The molecule has 18 heavy (non-hydrogen) atoms. The number of nitrogens with zero attached hydrogens (tertiary/aromatic N) is 1. The van der Waals surface area contributed by atoms with Crippen molar-refractivity contribution < 1.29 is 9.84 Å². The van der Waals surface area contributed by atoms with E-state index < -0.39 is 23.6 Å². The lowest BCUT2D eigenvalue weighted by atomic mass is 10.3. The Balaban J connectivity index is 3.13. The van der Waals surface area contributed by atoms with Gasteiger partial charge in [0.2, 0.25) is 0 Å². The van der Waals surface area contributed by atoms with Crippen LogP contribution in [0.5, 0.6) is 0 Å². The molecule has 1 heterocycles. The molecular formula is C12H16N2O4. The molecule has 0 saturated heterocycles. The van der Waals surface area contributed by atoms with Gasteiger partial charge in [0.25, 0.3) is 5.56 Å².